The van der Waals surface area contributed by atoms with Crippen molar-refractivity contribution in [3.8, 4) is 5.75 Å². The lowest BCUT2D eigenvalue weighted by Gasteiger charge is -1.99. The Morgan fingerprint density at radius 1 is 1.36 bits per heavy atom. The number of halogens is 1. The minimum atomic E-state index is -4.19. The van der Waals surface area contributed by atoms with Gasteiger partial charge in [-0.1, -0.05) is 18.2 Å². The number of hydrogen-bond acceptors (Lipinski definition) is 3. The van der Waals surface area contributed by atoms with Crippen molar-refractivity contribution >= 4 is 20.0 Å². The molecule has 0 aliphatic carbocycles. The smallest absolute Gasteiger partial charge is 0.353 e. The minimum absolute atomic E-state index is 0.740. The van der Waals surface area contributed by atoms with Crippen molar-refractivity contribution in [2.75, 3.05) is 6.61 Å². The summed E-state index contributed by atoms with van der Waals surface area (Å²) in [5, 5.41) is 0. The molecule has 0 aliphatic rings. The highest BCUT2D eigenvalue weighted by atomic mass is 35.7. The van der Waals surface area contributed by atoms with Gasteiger partial charge in [0.2, 0.25) is 0 Å². The standard InChI is InChI=1S/C8H10O.ClHO3S/c1-2-9-8-6-4-3-5-7-8;1-5(2,3)4/h3-7H,2H2,1H3;(H,2,3,4). The topological polar surface area (TPSA) is 63.6 Å². The summed E-state index contributed by atoms with van der Waals surface area (Å²) in [5.74, 6) is 0.944. The molecule has 4 nitrogen and oxygen atoms in total. The van der Waals surface area contributed by atoms with Gasteiger partial charge in [0.25, 0.3) is 0 Å². The second-order valence-electron chi connectivity index (χ2n) is 2.16. The summed E-state index contributed by atoms with van der Waals surface area (Å²) in [5.41, 5.74) is 0. The van der Waals surface area contributed by atoms with Crippen LogP contribution in [0.1, 0.15) is 6.92 Å². The lowest BCUT2D eigenvalue weighted by molar-refractivity contribution is 0.340. The number of ether oxygens (including phenoxy) is 1. The van der Waals surface area contributed by atoms with E-state index in [1.165, 1.54) is 0 Å². The van der Waals surface area contributed by atoms with E-state index in [2.05, 4.69) is 10.7 Å². The Hall–Kier alpha value is -0.780. The maximum Gasteiger partial charge on any atom is 0.353 e. The first-order valence-electron chi connectivity index (χ1n) is 3.78. The average molecular weight is 239 g/mol. The van der Waals surface area contributed by atoms with Crippen LogP contribution >= 0.6 is 10.7 Å². The highest BCUT2D eigenvalue weighted by molar-refractivity contribution is 8.09. The molecule has 0 atom stereocenters. The van der Waals surface area contributed by atoms with Crippen LogP contribution in [-0.4, -0.2) is 19.6 Å². The third-order valence-corrected chi connectivity index (χ3v) is 1.05. The van der Waals surface area contributed by atoms with Crippen LogP contribution in [0, 0.1) is 0 Å². The van der Waals surface area contributed by atoms with Crippen LogP contribution in [0.2, 0.25) is 0 Å². The number of benzene rings is 1. The van der Waals surface area contributed by atoms with Crippen molar-refractivity contribution in [2.24, 2.45) is 0 Å². The molecule has 0 spiro atoms. The predicted octanol–water partition coefficient (Wildman–Crippen LogP) is 2.11. The van der Waals surface area contributed by atoms with Gasteiger partial charge in [-0.25, -0.2) is 0 Å². The van der Waals surface area contributed by atoms with Crippen molar-refractivity contribution < 1.29 is 17.7 Å². The fraction of sp³-hybridized carbons (Fsp3) is 0.250. The van der Waals surface area contributed by atoms with E-state index in [0.717, 1.165) is 12.4 Å². The highest BCUT2D eigenvalue weighted by Crippen LogP contribution is 2.06. The molecule has 0 aliphatic heterocycles. The molecule has 0 radical (unpaired) electrons. The summed E-state index contributed by atoms with van der Waals surface area (Å²) in [6, 6.07) is 9.80. The van der Waals surface area contributed by atoms with Crippen LogP contribution in [0.4, 0.5) is 0 Å². The van der Waals surface area contributed by atoms with E-state index in [1.54, 1.807) is 0 Å². The molecule has 14 heavy (non-hydrogen) atoms. The minimum Gasteiger partial charge on any atom is -0.494 e. The van der Waals surface area contributed by atoms with Crippen LogP contribution in [0.3, 0.4) is 0 Å². The van der Waals surface area contributed by atoms with Gasteiger partial charge >= 0.3 is 9.33 Å². The molecule has 0 saturated carbocycles. The van der Waals surface area contributed by atoms with Gasteiger partial charge in [0, 0.05) is 10.7 Å². The Morgan fingerprint density at radius 2 is 1.79 bits per heavy atom. The zero-order chi connectivity index (χ0) is 11.0. The molecular weight excluding hydrogens is 228 g/mol. The Kier molecular flexibility index (Phi) is 6.27. The van der Waals surface area contributed by atoms with Gasteiger partial charge < -0.3 is 4.74 Å². The second-order valence-corrected chi connectivity index (χ2v) is 4.15. The lowest BCUT2D eigenvalue weighted by atomic mass is 10.3. The molecular formula is C8H11ClO4S. The molecule has 80 valence electrons. The Labute approximate surface area is 87.7 Å². The van der Waals surface area contributed by atoms with Gasteiger partial charge in [-0.2, -0.15) is 8.42 Å². The Balaban J connectivity index is 0.000000292. The summed E-state index contributed by atoms with van der Waals surface area (Å²) < 4.78 is 30.4. The van der Waals surface area contributed by atoms with Gasteiger partial charge in [0.15, 0.2) is 0 Å². The van der Waals surface area contributed by atoms with Gasteiger partial charge in [-0.15, -0.1) is 0 Å². The van der Waals surface area contributed by atoms with Crippen LogP contribution in [0.25, 0.3) is 0 Å². The van der Waals surface area contributed by atoms with E-state index >= 15 is 0 Å². The fourth-order valence-corrected chi connectivity index (χ4v) is 0.683. The van der Waals surface area contributed by atoms with E-state index in [4.69, 9.17) is 17.7 Å². The Morgan fingerprint density at radius 3 is 2.14 bits per heavy atom. The summed E-state index contributed by atoms with van der Waals surface area (Å²) in [6.45, 7) is 2.72. The van der Waals surface area contributed by atoms with Crippen molar-refractivity contribution in [3.05, 3.63) is 30.3 Å². The van der Waals surface area contributed by atoms with Crippen LogP contribution in [-0.2, 0) is 9.33 Å². The normalized spacial score (nSPS) is 9.93. The number of para-hydroxylation sites is 1. The van der Waals surface area contributed by atoms with Gasteiger partial charge in [-0.3, -0.25) is 4.55 Å². The van der Waals surface area contributed by atoms with E-state index < -0.39 is 9.33 Å². The summed E-state index contributed by atoms with van der Waals surface area (Å²) in [7, 11) is -0.137. The van der Waals surface area contributed by atoms with Crippen LogP contribution in [0.15, 0.2) is 30.3 Å². The van der Waals surface area contributed by atoms with Crippen molar-refractivity contribution in [1.82, 2.24) is 0 Å². The molecule has 1 N–H and O–H groups in total. The zero-order valence-electron chi connectivity index (χ0n) is 7.55. The molecule has 0 amide bonds. The molecule has 0 heterocycles. The van der Waals surface area contributed by atoms with Gasteiger partial charge in [0.05, 0.1) is 6.61 Å². The monoisotopic (exact) mass is 238 g/mol. The van der Waals surface area contributed by atoms with E-state index in [-0.39, 0.29) is 0 Å². The fourth-order valence-electron chi connectivity index (χ4n) is 0.683. The van der Waals surface area contributed by atoms with E-state index in [9.17, 15) is 0 Å². The van der Waals surface area contributed by atoms with E-state index in [1.807, 2.05) is 37.3 Å². The second kappa shape index (κ2) is 6.64. The number of hydrogen-bond donors (Lipinski definition) is 1. The molecule has 1 aromatic carbocycles. The molecule has 0 saturated heterocycles. The quantitative estimate of drug-likeness (QED) is 0.633. The van der Waals surface area contributed by atoms with Crippen LogP contribution in [0.5, 0.6) is 5.75 Å². The molecule has 6 heteroatoms. The molecule has 0 aromatic heterocycles. The van der Waals surface area contributed by atoms with Gasteiger partial charge in [0.1, 0.15) is 5.75 Å². The SMILES string of the molecule is CCOc1ccccc1.O=S(=O)(O)Cl. The maximum atomic E-state index is 8.95. The molecule has 0 unspecified atom stereocenters. The third-order valence-electron chi connectivity index (χ3n) is 1.05. The molecule has 0 bridgehead atoms. The summed E-state index contributed by atoms with van der Waals surface area (Å²) >= 11 is 0. The first-order chi connectivity index (χ1) is 6.43. The largest absolute Gasteiger partial charge is 0.494 e. The molecule has 1 aromatic rings. The van der Waals surface area contributed by atoms with Crippen molar-refractivity contribution in [1.29, 1.82) is 0 Å². The summed E-state index contributed by atoms with van der Waals surface area (Å²) in [4.78, 5) is 0. The highest BCUT2D eigenvalue weighted by Gasteiger charge is 1.86. The molecule has 0 fully saturated rings. The first kappa shape index (κ1) is 13.2. The maximum absolute atomic E-state index is 8.95. The Bertz CT molecular complexity index is 328. The summed E-state index contributed by atoms with van der Waals surface area (Å²) in [6.07, 6.45) is 0. The van der Waals surface area contributed by atoms with Crippen LogP contribution < -0.4 is 4.74 Å². The average Bonchev–Trinajstić information content (AvgIpc) is 2.03. The van der Waals surface area contributed by atoms with Gasteiger partial charge in [-0.05, 0) is 19.1 Å². The lowest BCUT2D eigenvalue weighted by Crippen LogP contribution is -1.89. The third kappa shape index (κ3) is 11.2. The van der Waals surface area contributed by atoms with E-state index in [0.29, 0.717) is 0 Å². The number of rotatable bonds is 2. The van der Waals surface area contributed by atoms with Crippen molar-refractivity contribution in [3.63, 3.8) is 0 Å². The molecule has 1 rings (SSSR count). The van der Waals surface area contributed by atoms with Crippen molar-refractivity contribution in [2.45, 2.75) is 6.92 Å². The zero-order valence-corrected chi connectivity index (χ0v) is 9.12. The first-order valence-corrected chi connectivity index (χ1v) is 6.05. The predicted molar refractivity (Wildman–Crippen MR) is 55.0 cm³/mol.